The van der Waals surface area contributed by atoms with Gasteiger partial charge in [-0.05, 0) is 43.7 Å². The number of hydrogen-bond acceptors (Lipinski definition) is 3. The van der Waals surface area contributed by atoms with Crippen LogP contribution in [0, 0.1) is 11.7 Å². The summed E-state index contributed by atoms with van der Waals surface area (Å²) in [7, 11) is -3.89. The standard InChI is InChI=1S/C15H23FN2O2S/c1-2-12-7-9-15(11-17,10-8-12)18-21(19,20)14-6-4-3-5-13(14)16/h3-6,12,18H,2,7-11,17H2,1H3. The summed E-state index contributed by atoms with van der Waals surface area (Å²) in [5, 5.41) is 0. The molecule has 0 heterocycles. The van der Waals surface area contributed by atoms with Gasteiger partial charge in [0.05, 0.1) is 0 Å². The first kappa shape index (κ1) is 16.4. The summed E-state index contributed by atoms with van der Waals surface area (Å²) >= 11 is 0. The summed E-state index contributed by atoms with van der Waals surface area (Å²) in [6.45, 7) is 2.38. The van der Waals surface area contributed by atoms with Crippen LogP contribution < -0.4 is 10.5 Å². The fraction of sp³-hybridized carbons (Fsp3) is 0.600. The highest BCUT2D eigenvalue weighted by Crippen LogP contribution is 2.34. The lowest BCUT2D eigenvalue weighted by molar-refractivity contribution is 0.217. The zero-order chi connectivity index (χ0) is 15.5. The molecule has 0 radical (unpaired) electrons. The third-order valence-electron chi connectivity index (χ3n) is 4.51. The van der Waals surface area contributed by atoms with Crippen LogP contribution in [0.5, 0.6) is 0 Å². The molecule has 21 heavy (non-hydrogen) atoms. The van der Waals surface area contributed by atoms with E-state index in [9.17, 15) is 12.8 Å². The molecule has 0 amide bonds. The average molecular weight is 314 g/mol. The number of nitrogens with two attached hydrogens (primary N) is 1. The largest absolute Gasteiger partial charge is 0.329 e. The van der Waals surface area contributed by atoms with Gasteiger partial charge in [-0.15, -0.1) is 0 Å². The Morgan fingerprint density at radius 1 is 1.33 bits per heavy atom. The summed E-state index contributed by atoms with van der Waals surface area (Å²) in [4.78, 5) is -0.310. The summed E-state index contributed by atoms with van der Waals surface area (Å²) in [5.74, 6) is -0.109. The van der Waals surface area contributed by atoms with Crippen molar-refractivity contribution in [3.63, 3.8) is 0 Å². The van der Waals surface area contributed by atoms with Gasteiger partial charge in [-0.2, -0.15) is 0 Å². The van der Waals surface area contributed by atoms with Crippen LogP contribution in [0.4, 0.5) is 4.39 Å². The van der Waals surface area contributed by atoms with Crippen molar-refractivity contribution < 1.29 is 12.8 Å². The van der Waals surface area contributed by atoms with Gasteiger partial charge in [-0.1, -0.05) is 25.5 Å². The maximum Gasteiger partial charge on any atom is 0.244 e. The summed E-state index contributed by atoms with van der Waals surface area (Å²) in [6.07, 6.45) is 4.41. The van der Waals surface area contributed by atoms with Crippen LogP contribution in [0.25, 0.3) is 0 Å². The first-order valence-corrected chi connectivity index (χ1v) is 8.89. The molecule has 3 N–H and O–H groups in total. The van der Waals surface area contributed by atoms with E-state index in [-0.39, 0.29) is 11.4 Å². The fourth-order valence-electron chi connectivity index (χ4n) is 2.99. The Hall–Kier alpha value is -0.980. The Kier molecular flexibility index (Phi) is 5.01. The first-order chi connectivity index (χ1) is 9.92. The zero-order valence-electron chi connectivity index (χ0n) is 12.3. The third kappa shape index (κ3) is 3.62. The molecule has 0 saturated heterocycles. The predicted octanol–water partition coefficient (Wildman–Crippen LogP) is 2.40. The number of rotatable bonds is 5. The Labute approximate surface area is 126 Å². The van der Waals surface area contributed by atoms with E-state index < -0.39 is 21.4 Å². The third-order valence-corrected chi connectivity index (χ3v) is 6.12. The summed E-state index contributed by atoms with van der Waals surface area (Å²) in [5.41, 5.74) is 5.18. The highest BCUT2D eigenvalue weighted by Gasteiger charge is 2.38. The molecular weight excluding hydrogens is 291 g/mol. The quantitative estimate of drug-likeness (QED) is 0.876. The van der Waals surface area contributed by atoms with Crippen LogP contribution in [-0.4, -0.2) is 20.5 Å². The second-order valence-electron chi connectivity index (χ2n) is 5.87. The minimum Gasteiger partial charge on any atom is -0.329 e. The molecule has 0 unspecified atom stereocenters. The molecule has 6 heteroatoms. The topological polar surface area (TPSA) is 72.2 Å². The molecule has 1 aromatic rings. The van der Waals surface area contributed by atoms with Gasteiger partial charge >= 0.3 is 0 Å². The lowest BCUT2D eigenvalue weighted by atomic mass is 9.76. The molecule has 1 fully saturated rings. The number of halogens is 1. The smallest absolute Gasteiger partial charge is 0.244 e. The molecule has 0 atom stereocenters. The summed E-state index contributed by atoms with van der Waals surface area (Å²) in [6, 6.07) is 5.41. The highest BCUT2D eigenvalue weighted by molar-refractivity contribution is 7.89. The summed E-state index contributed by atoms with van der Waals surface area (Å²) < 4.78 is 41.3. The van der Waals surface area contributed by atoms with Crippen molar-refractivity contribution in [1.82, 2.24) is 4.72 Å². The van der Waals surface area contributed by atoms with E-state index in [0.717, 1.165) is 25.3 Å². The lowest BCUT2D eigenvalue weighted by Crippen LogP contribution is -2.55. The number of nitrogens with one attached hydrogen (secondary N) is 1. The van der Waals surface area contributed by atoms with Gasteiger partial charge in [0.2, 0.25) is 10.0 Å². The van der Waals surface area contributed by atoms with Gasteiger partial charge < -0.3 is 5.73 Å². The average Bonchev–Trinajstić information content (AvgIpc) is 2.48. The van der Waals surface area contributed by atoms with Gasteiger partial charge in [-0.25, -0.2) is 17.5 Å². The van der Waals surface area contributed by atoms with Crippen LogP contribution in [0.1, 0.15) is 39.0 Å². The van der Waals surface area contributed by atoms with Crippen LogP contribution in [0.15, 0.2) is 29.2 Å². The van der Waals surface area contributed by atoms with E-state index >= 15 is 0 Å². The van der Waals surface area contributed by atoms with Gasteiger partial charge in [0, 0.05) is 12.1 Å². The number of hydrogen-bond donors (Lipinski definition) is 2. The minimum absolute atomic E-state index is 0.233. The van der Waals surface area contributed by atoms with Crippen LogP contribution in [0.3, 0.4) is 0 Å². The van der Waals surface area contributed by atoms with Gasteiger partial charge in [-0.3, -0.25) is 0 Å². The molecular formula is C15H23FN2O2S. The number of benzene rings is 1. The number of sulfonamides is 1. The second-order valence-corrected chi connectivity index (χ2v) is 7.52. The fourth-order valence-corrected chi connectivity index (χ4v) is 4.54. The molecule has 0 bridgehead atoms. The maximum absolute atomic E-state index is 13.7. The molecule has 0 aromatic heterocycles. The zero-order valence-corrected chi connectivity index (χ0v) is 13.1. The van der Waals surface area contributed by atoms with Gasteiger partial charge in [0.25, 0.3) is 0 Å². The lowest BCUT2D eigenvalue weighted by Gasteiger charge is -2.39. The van der Waals surface area contributed by atoms with Gasteiger partial charge in [0.1, 0.15) is 10.7 Å². The van der Waals surface area contributed by atoms with E-state index in [4.69, 9.17) is 5.73 Å². The van der Waals surface area contributed by atoms with Crippen LogP contribution in [-0.2, 0) is 10.0 Å². The minimum atomic E-state index is -3.89. The molecule has 1 aliphatic rings. The Balaban J connectivity index is 2.21. The van der Waals surface area contributed by atoms with Crippen LogP contribution >= 0.6 is 0 Å². The van der Waals surface area contributed by atoms with Crippen molar-refractivity contribution >= 4 is 10.0 Å². The van der Waals surface area contributed by atoms with Gasteiger partial charge in [0.15, 0.2) is 0 Å². The van der Waals surface area contributed by atoms with E-state index in [1.165, 1.54) is 18.2 Å². The van der Waals surface area contributed by atoms with Crippen molar-refractivity contribution in [2.75, 3.05) is 6.54 Å². The molecule has 1 aliphatic carbocycles. The molecule has 1 aromatic carbocycles. The van der Waals surface area contributed by atoms with Crippen LogP contribution in [0.2, 0.25) is 0 Å². The van der Waals surface area contributed by atoms with Crippen molar-refractivity contribution in [2.24, 2.45) is 11.7 Å². The first-order valence-electron chi connectivity index (χ1n) is 7.41. The van der Waals surface area contributed by atoms with Crippen molar-refractivity contribution in [3.05, 3.63) is 30.1 Å². The molecule has 0 aliphatic heterocycles. The van der Waals surface area contributed by atoms with E-state index in [1.807, 2.05) is 0 Å². The van der Waals surface area contributed by atoms with E-state index in [2.05, 4.69) is 11.6 Å². The molecule has 4 nitrogen and oxygen atoms in total. The van der Waals surface area contributed by atoms with E-state index in [1.54, 1.807) is 0 Å². The van der Waals surface area contributed by atoms with E-state index in [0.29, 0.717) is 18.8 Å². The second kappa shape index (κ2) is 6.42. The monoisotopic (exact) mass is 314 g/mol. The maximum atomic E-state index is 13.7. The normalized spacial score (nSPS) is 26.7. The Morgan fingerprint density at radius 2 is 1.95 bits per heavy atom. The molecule has 2 rings (SSSR count). The predicted molar refractivity (Wildman–Crippen MR) is 80.8 cm³/mol. The molecule has 0 spiro atoms. The Morgan fingerprint density at radius 3 is 2.48 bits per heavy atom. The van der Waals surface area contributed by atoms with Crippen molar-refractivity contribution in [2.45, 2.75) is 49.5 Å². The molecule has 118 valence electrons. The SMILES string of the molecule is CCC1CCC(CN)(NS(=O)(=O)c2ccccc2F)CC1. The Bertz CT molecular complexity index is 581. The molecule has 1 saturated carbocycles. The van der Waals surface area contributed by atoms with Crippen molar-refractivity contribution in [1.29, 1.82) is 0 Å². The highest BCUT2D eigenvalue weighted by atomic mass is 32.2. The van der Waals surface area contributed by atoms with Crippen molar-refractivity contribution in [3.8, 4) is 0 Å².